The Balaban J connectivity index is 1.58. The maximum Gasteiger partial charge on any atom is 0.263 e. The van der Waals surface area contributed by atoms with Gasteiger partial charge in [0.05, 0.1) is 0 Å². The molecule has 0 radical (unpaired) electrons. The lowest BCUT2D eigenvalue weighted by Crippen LogP contribution is -2.52. The van der Waals surface area contributed by atoms with Crippen molar-refractivity contribution in [2.75, 3.05) is 31.1 Å². The highest BCUT2D eigenvalue weighted by atomic mass is 16.5. The van der Waals surface area contributed by atoms with Gasteiger partial charge in [-0.2, -0.15) is 0 Å². The van der Waals surface area contributed by atoms with Gasteiger partial charge < -0.3 is 14.5 Å². The molecule has 5 nitrogen and oxygen atoms in total. The number of pyridine rings is 1. The summed E-state index contributed by atoms with van der Waals surface area (Å²) < 4.78 is 6.02. The SMILES string of the molecule is CC(C)c1ccccc1O[C@H](C)C(=O)N1CCN(c2ccccn2)CC1. The molecule has 2 aromatic rings. The Bertz CT molecular complexity index is 725. The van der Waals surface area contributed by atoms with Gasteiger partial charge in [0.1, 0.15) is 11.6 Å². The second-order valence-corrected chi connectivity index (χ2v) is 6.95. The molecule has 138 valence electrons. The average Bonchev–Trinajstić information content (AvgIpc) is 2.68. The Morgan fingerprint density at radius 1 is 1.00 bits per heavy atom. The largest absolute Gasteiger partial charge is 0.481 e. The number of para-hydroxylation sites is 1. The predicted octanol–water partition coefficient (Wildman–Crippen LogP) is 3.32. The maximum absolute atomic E-state index is 12.8. The molecule has 1 aromatic carbocycles. The first-order chi connectivity index (χ1) is 12.6. The molecule has 0 unspecified atom stereocenters. The van der Waals surface area contributed by atoms with Crippen LogP contribution in [-0.4, -0.2) is 48.1 Å². The van der Waals surface area contributed by atoms with Gasteiger partial charge in [-0.3, -0.25) is 4.79 Å². The van der Waals surface area contributed by atoms with E-state index in [-0.39, 0.29) is 5.91 Å². The average molecular weight is 353 g/mol. The zero-order valence-corrected chi connectivity index (χ0v) is 15.8. The van der Waals surface area contributed by atoms with E-state index in [0.717, 1.165) is 30.2 Å². The highest BCUT2D eigenvalue weighted by Gasteiger charge is 2.27. The Morgan fingerprint density at radius 3 is 2.35 bits per heavy atom. The number of nitrogens with zero attached hydrogens (tertiary/aromatic N) is 3. The van der Waals surface area contributed by atoms with Crippen LogP contribution in [-0.2, 0) is 4.79 Å². The molecule has 2 heterocycles. The number of amides is 1. The van der Waals surface area contributed by atoms with E-state index in [1.54, 1.807) is 6.20 Å². The fourth-order valence-corrected chi connectivity index (χ4v) is 3.26. The summed E-state index contributed by atoms with van der Waals surface area (Å²) in [5.74, 6) is 2.17. The number of anilines is 1. The number of benzene rings is 1. The second-order valence-electron chi connectivity index (χ2n) is 6.95. The standard InChI is InChI=1S/C21H27N3O2/c1-16(2)18-8-4-5-9-19(18)26-17(3)21(25)24-14-12-23(13-15-24)20-10-6-7-11-22-20/h4-11,16-17H,12-15H2,1-3H3/t17-/m1/s1. The Hall–Kier alpha value is -2.56. The molecule has 0 saturated carbocycles. The van der Waals surface area contributed by atoms with Crippen molar-refractivity contribution in [1.29, 1.82) is 0 Å². The molecule has 5 heteroatoms. The second kappa shape index (κ2) is 8.21. The van der Waals surface area contributed by atoms with Gasteiger partial charge in [-0.25, -0.2) is 4.98 Å². The Kier molecular flexibility index (Phi) is 5.76. The lowest BCUT2D eigenvalue weighted by molar-refractivity contribution is -0.138. The van der Waals surface area contributed by atoms with Gasteiger partial charge in [0.2, 0.25) is 0 Å². The number of hydrogen-bond donors (Lipinski definition) is 0. The summed E-state index contributed by atoms with van der Waals surface area (Å²) >= 11 is 0. The summed E-state index contributed by atoms with van der Waals surface area (Å²) in [6, 6.07) is 13.9. The minimum absolute atomic E-state index is 0.0456. The number of rotatable bonds is 5. The summed E-state index contributed by atoms with van der Waals surface area (Å²) in [6.07, 6.45) is 1.31. The summed E-state index contributed by atoms with van der Waals surface area (Å²) in [5.41, 5.74) is 1.13. The predicted molar refractivity (Wildman–Crippen MR) is 104 cm³/mol. The molecule has 1 amide bonds. The molecule has 1 aliphatic rings. The molecule has 1 atom stereocenters. The molecular weight excluding hydrogens is 326 g/mol. The smallest absolute Gasteiger partial charge is 0.263 e. The van der Waals surface area contributed by atoms with Crippen molar-refractivity contribution in [3.05, 3.63) is 54.2 Å². The van der Waals surface area contributed by atoms with Crippen LogP contribution in [0.25, 0.3) is 0 Å². The fraction of sp³-hybridized carbons (Fsp3) is 0.429. The lowest BCUT2D eigenvalue weighted by atomic mass is 10.0. The molecule has 1 aromatic heterocycles. The first-order valence-electron chi connectivity index (χ1n) is 9.26. The Morgan fingerprint density at radius 2 is 1.69 bits per heavy atom. The molecule has 1 fully saturated rings. The summed E-state index contributed by atoms with van der Waals surface area (Å²) in [4.78, 5) is 21.3. The number of hydrogen-bond acceptors (Lipinski definition) is 4. The molecule has 0 N–H and O–H groups in total. The van der Waals surface area contributed by atoms with Crippen LogP contribution in [0.4, 0.5) is 5.82 Å². The zero-order chi connectivity index (χ0) is 18.5. The zero-order valence-electron chi connectivity index (χ0n) is 15.8. The molecule has 26 heavy (non-hydrogen) atoms. The maximum atomic E-state index is 12.8. The van der Waals surface area contributed by atoms with Crippen molar-refractivity contribution in [2.24, 2.45) is 0 Å². The lowest BCUT2D eigenvalue weighted by Gasteiger charge is -2.36. The quantitative estimate of drug-likeness (QED) is 0.827. The van der Waals surface area contributed by atoms with Crippen LogP contribution < -0.4 is 9.64 Å². The number of ether oxygens (including phenoxy) is 1. The summed E-state index contributed by atoms with van der Waals surface area (Å²) in [6.45, 7) is 9.06. The van der Waals surface area contributed by atoms with Crippen LogP contribution >= 0.6 is 0 Å². The van der Waals surface area contributed by atoms with Crippen LogP contribution in [0.1, 0.15) is 32.3 Å². The van der Waals surface area contributed by atoms with Gasteiger partial charge in [-0.1, -0.05) is 38.1 Å². The number of aromatic nitrogens is 1. The van der Waals surface area contributed by atoms with Crippen LogP contribution in [0.3, 0.4) is 0 Å². The van der Waals surface area contributed by atoms with Crippen molar-refractivity contribution < 1.29 is 9.53 Å². The van der Waals surface area contributed by atoms with Crippen LogP contribution in [0.5, 0.6) is 5.75 Å². The first kappa shape index (κ1) is 18.2. The van der Waals surface area contributed by atoms with E-state index >= 15 is 0 Å². The third-order valence-electron chi connectivity index (χ3n) is 4.76. The van der Waals surface area contributed by atoms with Gasteiger partial charge in [-0.05, 0) is 36.6 Å². The molecule has 3 rings (SSSR count). The van der Waals surface area contributed by atoms with Gasteiger partial charge in [0.15, 0.2) is 6.10 Å². The van der Waals surface area contributed by atoms with Gasteiger partial charge >= 0.3 is 0 Å². The van der Waals surface area contributed by atoms with E-state index in [9.17, 15) is 4.79 Å². The highest BCUT2D eigenvalue weighted by molar-refractivity contribution is 5.81. The monoisotopic (exact) mass is 353 g/mol. The third-order valence-corrected chi connectivity index (χ3v) is 4.76. The van der Waals surface area contributed by atoms with Crippen molar-refractivity contribution in [3.8, 4) is 5.75 Å². The van der Waals surface area contributed by atoms with E-state index in [1.807, 2.05) is 48.2 Å². The van der Waals surface area contributed by atoms with E-state index in [2.05, 4.69) is 29.8 Å². The van der Waals surface area contributed by atoms with Gasteiger partial charge in [0, 0.05) is 32.4 Å². The van der Waals surface area contributed by atoms with Gasteiger partial charge in [-0.15, -0.1) is 0 Å². The van der Waals surface area contributed by atoms with E-state index in [1.165, 1.54) is 0 Å². The van der Waals surface area contributed by atoms with Crippen molar-refractivity contribution >= 4 is 11.7 Å². The highest BCUT2D eigenvalue weighted by Crippen LogP contribution is 2.27. The molecule has 0 bridgehead atoms. The summed E-state index contributed by atoms with van der Waals surface area (Å²) in [7, 11) is 0. The van der Waals surface area contributed by atoms with E-state index in [0.29, 0.717) is 19.0 Å². The fourth-order valence-electron chi connectivity index (χ4n) is 3.26. The van der Waals surface area contributed by atoms with E-state index in [4.69, 9.17) is 4.74 Å². The van der Waals surface area contributed by atoms with Crippen molar-refractivity contribution in [2.45, 2.75) is 32.8 Å². The van der Waals surface area contributed by atoms with Crippen molar-refractivity contribution in [1.82, 2.24) is 9.88 Å². The normalized spacial score (nSPS) is 15.8. The molecule has 0 aliphatic carbocycles. The van der Waals surface area contributed by atoms with Gasteiger partial charge in [0.25, 0.3) is 5.91 Å². The number of piperazine rings is 1. The summed E-state index contributed by atoms with van der Waals surface area (Å²) in [5, 5.41) is 0. The van der Waals surface area contributed by atoms with E-state index < -0.39 is 6.10 Å². The molecule has 1 saturated heterocycles. The minimum atomic E-state index is -0.490. The van der Waals surface area contributed by atoms with Crippen molar-refractivity contribution in [3.63, 3.8) is 0 Å². The Labute approximate surface area is 155 Å². The number of carbonyl (C=O) groups is 1. The molecule has 1 aliphatic heterocycles. The van der Waals surface area contributed by atoms with Crippen LogP contribution in [0.2, 0.25) is 0 Å². The third kappa shape index (κ3) is 4.15. The molecular formula is C21H27N3O2. The van der Waals surface area contributed by atoms with Crippen LogP contribution in [0, 0.1) is 0 Å². The minimum Gasteiger partial charge on any atom is -0.481 e. The first-order valence-corrected chi connectivity index (χ1v) is 9.26. The topological polar surface area (TPSA) is 45.7 Å². The number of carbonyl (C=O) groups excluding carboxylic acids is 1. The van der Waals surface area contributed by atoms with Crippen LogP contribution in [0.15, 0.2) is 48.7 Å². The molecule has 0 spiro atoms.